The fourth-order valence-electron chi connectivity index (χ4n) is 5.60. The maximum absolute atomic E-state index is 14.1. The summed E-state index contributed by atoms with van der Waals surface area (Å²) < 4.78 is 38.8. The third-order valence-corrected chi connectivity index (χ3v) is 6.40. The summed E-state index contributed by atoms with van der Waals surface area (Å²) >= 11 is 0. The van der Waals surface area contributed by atoms with Crippen molar-refractivity contribution in [2.24, 2.45) is 29.1 Å². The largest absolute Gasteiger partial charge is 0.477 e. The molecule has 0 amide bonds. The minimum Gasteiger partial charge on any atom is -0.477 e. The van der Waals surface area contributed by atoms with Gasteiger partial charge in [0.2, 0.25) is 0 Å². The van der Waals surface area contributed by atoms with Crippen LogP contribution in [0.5, 0.6) is 0 Å². The number of rotatable bonds is 6. The molecule has 0 aliphatic heterocycles. The lowest BCUT2D eigenvalue weighted by atomic mass is 9.48. The number of alkyl halides is 2. The molecule has 1 N–H and O–H groups in total. The Balaban J connectivity index is 1.79. The molecule has 3 atom stereocenters. The molecule has 3 unspecified atom stereocenters. The Bertz CT molecular complexity index is 630. The molecule has 4 rings (SSSR count). The van der Waals surface area contributed by atoms with E-state index < -0.39 is 35.3 Å². The first-order valence-corrected chi connectivity index (χ1v) is 9.46. The van der Waals surface area contributed by atoms with Gasteiger partial charge in [0.25, 0.3) is 0 Å². The minimum atomic E-state index is -4.15. The second kappa shape index (κ2) is 6.71. The molecule has 27 heavy (non-hydrogen) atoms. The van der Waals surface area contributed by atoms with Crippen molar-refractivity contribution in [1.82, 2.24) is 0 Å². The summed E-state index contributed by atoms with van der Waals surface area (Å²) in [6.07, 6.45) is 0.876. The van der Waals surface area contributed by atoms with E-state index in [-0.39, 0.29) is 29.8 Å². The Morgan fingerprint density at radius 1 is 1.11 bits per heavy atom. The van der Waals surface area contributed by atoms with Crippen molar-refractivity contribution in [3.05, 3.63) is 0 Å². The van der Waals surface area contributed by atoms with Crippen molar-refractivity contribution in [2.75, 3.05) is 0 Å². The number of hydrogen-bond donors (Lipinski definition) is 1. The molecule has 8 heteroatoms. The van der Waals surface area contributed by atoms with E-state index in [2.05, 4.69) is 0 Å². The van der Waals surface area contributed by atoms with Gasteiger partial charge in [0.1, 0.15) is 6.10 Å². The van der Waals surface area contributed by atoms with Crippen LogP contribution in [-0.2, 0) is 23.9 Å². The standard InChI is InChI=1S/C19H26F2O6/c1-9(2)15(19(20,21)16(23)24)27-17(25)18-6-11-4-12(7-18)14(26-10(3)22)13(5-11)8-18/h9,11-15H,4-8H2,1-3H3,(H,23,24). The lowest BCUT2D eigenvalue weighted by Crippen LogP contribution is -2.58. The van der Waals surface area contributed by atoms with Crippen LogP contribution in [0.1, 0.15) is 52.9 Å². The predicted molar refractivity (Wildman–Crippen MR) is 88.8 cm³/mol. The number of aliphatic carboxylic acids is 1. The van der Waals surface area contributed by atoms with E-state index >= 15 is 0 Å². The quantitative estimate of drug-likeness (QED) is 0.704. The van der Waals surface area contributed by atoms with Crippen molar-refractivity contribution >= 4 is 17.9 Å². The highest BCUT2D eigenvalue weighted by atomic mass is 19.3. The number of carbonyl (C=O) groups is 3. The molecule has 4 aliphatic carbocycles. The zero-order valence-electron chi connectivity index (χ0n) is 15.7. The molecule has 4 saturated carbocycles. The van der Waals surface area contributed by atoms with Crippen molar-refractivity contribution < 1.29 is 37.7 Å². The van der Waals surface area contributed by atoms with Gasteiger partial charge in [0.15, 0.2) is 6.10 Å². The predicted octanol–water partition coefficient (Wildman–Crippen LogP) is 3.03. The minimum absolute atomic E-state index is 0.0187. The number of carbonyl (C=O) groups excluding carboxylic acids is 2. The summed E-state index contributed by atoms with van der Waals surface area (Å²) in [5.74, 6) is -8.06. The van der Waals surface area contributed by atoms with Gasteiger partial charge in [-0.05, 0) is 55.8 Å². The van der Waals surface area contributed by atoms with Crippen molar-refractivity contribution in [3.8, 4) is 0 Å². The van der Waals surface area contributed by atoms with Crippen LogP contribution in [-0.4, -0.2) is 41.1 Å². The van der Waals surface area contributed by atoms with Crippen LogP contribution >= 0.6 is 0 Å². The zero-order chi connectivity index (χ0) is 20.1. The molecule has 0 aromatic carbocycles. The summed E-state index contributed by atoms with van der Waals surface area (Å²) in [5, 5.41) is 8.84. The first-order valence-electron chi connectivity index (χ1n) is 9.46. The van der Waals surface area contributed by atoms with E-state index in [4.69, 9.17) is 14.6 Å². The molecule has 0 heterocycles. The first kappa shape index (κ1) is 20.0. The Labute approximate surface area is 156 Å². The Kier molecular flexibility index (Phi) is 4.97. The van der Waals surface area contributed by atoms with Gasteiger partial charge >= 0.3 is 23.8 Å². The number of hydrogen-bond acceptors (Lipinski definition) is 5. The number of ether oxygens (including phenoxy) is 2. The lowest BCUT2D eigenvalue weighted by Gasteiger charge is -2.58. The van der Waals surface area contributed by atoms with E-state index in [1.54, 1.807) is 0 Å². The van der Waals surface area contributed by atoms with Gasteiger partial charge in [0, 0.05) is 6.92 Å². The molecule has 0 spiro atoms. The highest BCUT2D eigenvalue weighted by molar-refractivity contribution is 5.80. The molecule has 4 fully saturated rings. The number of carboxylic acid groups (broad SMARTS) is 1. The molecule has 0 saturated heterocycles. The summed E-state index contributed by atoms with van der Waals surface area (Å²) in [7, 11) is 0. The summed E-state index contributed by atoms with van der Waals surface area (Å²) in [6, 6.07) is 0. The smallest absolute Gasteiger partial charge is 0.378 e. The van der Waals surface area contributed by atoms with Crippen molar-refractivity contribution in [1.29, 1.82) is 0 Å². The van der Waals surface area contributed by atoms with Crippen LogP contribution in [0.4, 0.5) is 8.78 Å². The van der Waals surface area contributed by atoms with Crippen LogP contribution < -0.4 is 0 Å². The average Bonchev–Trinajstić information content (AvgIpc) is 2.54. The SMILES string of the molecule is CC(=O)OC1C2CC3CC1CC(C(=O)OC(C(C)C)C(F)(F)C(=O)O)(C3)C2. The molecule has 152 valence electrons. The third kappa shape index (κ3) is 3.43. The Hall–Kier alpha value is -1.73. The monoisotopic (exact) mass is 388 g/mol. The van der Waals surface area contributed by atoms with Gasteiger partial charge in [-0.3, -0.25) is 9.59 Å². The van der Waals surface area contributed by atoms with E-state index in [1.165, 1.54) is 20.8 Å². The Morgan fingerprint density at radius 2 is 1.67 bits per heavy atom. The van der Waals surface area contributed by atoms with Gasteiger partial charge in [-0.25, -0.2) is 4.79 Å². The van der Waals surface area contributed by atoms with Crippen molar-refractivity contribution in [3.63, 3.8) is 0 Å². The molecular formula is C19H26F2O6. The summed E-state index contributed by atoms with van der Waals surface area (Å²) in [4.78, 5) is 35.3. The zero-order valence-corrected chi connectivity index (χ0v) is 15.7. The second-order valence-corrected chi connectivity index (χ2v) is 8.82. The van der Waals surface area contributed by atoms with Gasteiger partial charge in [-0.15, -0.1) is 0 Å². The first-order chi connectivity index (χ1) is 12.5. The average molecular weight is 388 g/mol. The molecule has 0 aromatic rings. The third-order valence-electron chi connectivity index (χ3n) is 6.40. The van der Waals surface area contributed by atoms with E-state index in [9.17, 15) is 23.2 Å². The van der Waals surface area contributed by atoms with E-state index in [1.807, 2.05) is 0 Å². The second-order valence-electron chi connectivity index (χ2n) is 8.82. The molecule has 0 radical (unpaired) electrons. The number of carboxylic acids is 1. The van der Waals surface area contributed by atoms with Crippen molar-refractivity contribution in [2.45, 2.75) is 71.0 Å². The molecular weight excluding hydrogens is 362 g/mol. The maximum Gasteiger partial charge on any atom is 0.378 e. The summed E-state index contributed by atoms with van der Waals surface area (Å²) in [5.41, 5.74) is -0.880. The fraction of sp³-hybridized carbons (Fsp3) is 0.842. The van der Waals surface area contributed by atoms with Crippen LogP contribution in [0.2, 0.25) is 0 Å². The molecule has 4 aliphatic rings. The molecule has 4 bridgehead atoms. The fourth-order valence-corrected chi connectivity index (χ4v) is 5.60. The molecule has 0 aromatic heterocycles. The highest BCUT2D eigenvalue weighted by Gasteiger charge is 2.61. The van der Waals surface area contributed by atoms with Crippen LogP contribution in [0.15, 0.2) is 0 Å². The maximum atomic E-state index is 14.1. The summed E-state index contributed by atoms with van der Waals surface area (Å²) in [6.45, 7) is 4.17. The normalized spacial score (nSPS) is 35.8. The van der Waals surface area contributed by atoms with Crippen LogP contribution in [0, 0.1) is 29.1 Å². The number of esters is 2. The van der Waals surface area contributed by atoms with Gasteiger partial charge in [0.05, 0.1) is 5.41 Å². The van der Waals surface area contributed by atoms with Gasteiger partial charge < -0.3 is 14.6 Å². The van der Waals surface area contributed by atoms with E-state index in [0.29, 0.717) is 19.3 Å². The van der Waals surface area contributed by atoms with Crippen LogP contribution in [0.3, 0.4) is 0 Å². The Morgan fingerprint density at radius 3 is 2.11 bits per heavy atom. The topological polar surface area (TPSA) is 89.9 Å². The number of halogens is 2. The highest BCUT2D eigenvalue weighted by Crippen LogP contribution is 2.61. The van der Waals surface area contributed by atoms with Gasteiger partial charge in [-0.2, -0.15) is 8.78 Å². The van der Waals surface area contributed by atoms with E-state index in [0.717, 1.165) is 12.8 Å². The lowest BCUT2D eigenvalue weighted by molar-refractivity contribution is -0.218. The van der Waals surface area contributed by atoms with Gasteiger partial charge in [-0.1, -0.05) is 13.8 Å². The molecule has 6 nitrogen and oxygen atoms in total. The van der Waals surface area contributed by atoms with Crippen LogP contribution in [0.25, 0.3) is 0 Å².